The van der Waals surface area contributed by atoms with Crippen molar-refractivity contribution in [1.82, 2.24) is 0 Å². The average molecular weight is 224 g/mol. The molecule has 0 N–H and O–H groups in total. The summed E-state index contributed by atoms with van der Waals surface area (Å²) in [4.78, 5) is 0. The van der Waals surface area contributed by atoms with Gasteiger partial charge in [0, 0.05) is 0 Å². The first-order chi connectivity index (χ1) is 8.35. The third-order valence-electron chi connectivity index (χ3n) is 2.65. The van der Waals surface area contributed by atoms with Crippen molar-refractivity contribution in [2.45, 2.75) is 6.42 Å². The smallest absolute Gasteiger partial charge is 0.123 e. The predicted molar refractivity (Wildman–Crippen MR) is 73.5 cm³/mol. The highest BCUT2D eigenvalue weighted by Gasteiger charge is 2.04. The summed E-state index contributed by atoms with van der Waals surface area (Å²) in [7, 11) is 0. The fourth-order valence-corrected chi connectivity index (χ4v) is 1.86. The molecule has 0 spiro atoms. The molecule has 0 aliphatic carbocycles. The Kier molecular flexibility index (Phi) is 3.61. The molecule has 17 heavy (non-hydrogen) atoms. The van der Waals surface area contributed by atoms with Gasteiger partial charge in [-0.05, 0) is 34.9 Å². The van der Waals surface area contributed by atoms with Crippen LogP contribution in [-0.2, 0) is 6.42 Å². The van der Waals surface area contributed by atoms with E-state index in [1.807, 2.05) is 18.2 Å². The zero-order valence-corrected chi connectivity index (χ0v) is 9.86. The predicted octanol–water partition coefficient (Wildman–Crippen LogP) is 4.13. The SMILES string of the molecule is C=CCOc1cc2ccccc2cc1CC=C. The van der Waals surface area contributed by atoms with E-state index in [0.29, 0.717) is 6.61 Å². The molecule has 2 aromatic rings. The second-order valence-corrected chi connectivity index (χ2v) is 3.90. The van der Waals surface area contributed by atoms with E-state index in [0.717, 1.165) is 12.2 Å². The highest BCUT2D eigenvalue weighted by Crippen LogP contribution is 2.26. The molecule has 0 atom stereocenters. The maximum atomic E-state index is 5.68. The van der Waals surface area contributed by atoms with E-state index in [4.69, 9.17) is 4.74 Å². The van der Waals surface area contributed by atoms with Gasteiger partial charge in [-0.15, -0.1) is 6.58 Å². The van der Waals surface area contributed by atoms with Crippen LogP contribution in [0, 0.1) is 0 Å². The van der Waals surface area contributed by atoms with E-state index in [-0.39, 0.29) is 0 Å². The van der Waals surface area contributed by atoms with E-state index in [2.05, 4.69) is 37.4 Å². The van der Waals surface area contributed by atoms with E-state index >= 15 is 0 Å². The zero-order valence-electron chi connectivity index (χ0n) is 9.86. The van der Waals surface area contributed by atoms with Crippen LogP contribution in [-0.4, -0.2) is 6.61 Å². The minimum atomic E-state index is 0.530. The molecule has 0 radical (unpaired) electrons. The lowest BCUT2D eigenvalue weighted by Gasteiger charge is -2.10. The van der Waals surface area contributed by atoms with Gasteiger partial charge in [0.25, 0.3) is 0 Å². The first kappa shape index (κ1) is 11.5. The second kappa shape index (κ2) is 5.35. The van der Waals surface area contributed by atoms with Crippen LogP contribution in [0.25, 0.3) is 10.8 Å². The minimum absolute atomic E-state index is 0.530. The topological polar surface area (TPSA) is 9.23 Å². The molecule has 1 heteroatoms. The summed E-state index contributed by atoms with van der Waals surface area (Å²) in [5, 5.41) is 2.43. The standard InChI is InChI=1S/C16H16O/c1-3-7-15-11-13-8-5-6-9-14(13)12-16(15)17-10-4-2/h3-6,8-9,11-12H,1-2,7,10H2. The molecule has 0 unspecified atom stereocenters. The van der Waals surface area contributed by atoms with Crippen molar-refractivity contribution in [3.8, 4) is 5.75 Å². The van der Waals surface area contributed by atoms with Crippen LogP contribution in [0.2, 0.25) is 0 Å². The van der Waals surface area contributed by atoms with Gasteiger partial charge in [0.1, 0.15) is 12.4 Å². The van der Waals surface area contributed by atoms with Gasteiger partial charge < -0.3 is 4.74 Å². The van der Waals surface area contributed by atoms with E-state index in [1.54, 1.807) is 6.08 Å². The Labute approximate surface area is 102 Å². The Hall–Kier alpha value is -2.02. The molecule has 0 heterocycles. The Bertz CT molecular complexity index is 540. The van der Waals surface area contributed by atoms with Crippen LogP contribution >= 0.6 is 0 Å². The summed E-state index contributed by atoms with van der Waals surface area (Å²) in [5.74, 6) is 0.920. The third kappa shape index (κ3) is 2.56. The molecule has 0 aliphatic heterocycles. The normalized spacial score (nSPS) is 10.1. The Morgan fingerprint density at radius 1 is 1.00 bits per heavy atom. The molecule has 0 bridgehead atoms. The fourth-order valence-electron chi connectivity index (χ4n) is 1.86. The van der Waals surface area contributed by atoms with E-state index < -0.39 is 0 Å². The summed E-state index contributed by atoms with van der Waals surface area (Å²) < 4.78 is 5.68. The number of ether oxygens (including phenoxy) is 1. The van der Waals surface area contributed by atoms with Gasteiger partial charge in [0.2, 0.25) is 0 Å². The van der Waals surface area contributed by atoms with Gasteiger partial charge in [-0.25, -0.2) is 0 Å². The highest BCUT2D eigenvalue weighted by molar-refractivity contribution is 5.85. The summed E-state index contributed by atoms with van der Waals surface area (Å²) in [5.41, 5.74) is 1.17. The number of benzene rings is 2. The van der Waals surface area contributed by atoms with Crippen molar-refractivity contribution in [2.75, 3.05) is 6.61 Å². The molecule has 2 rings (SSSR count). The van der Waals surface area contributed by atoms with Gasteiger partial charge in [-0.1, -0.05) is 43.0 Å². The molecule has 0 aromatic heterocycles. The van der Waals surface area contributed by atoms with Gasteiger partial charge in [0.15, 0.2) is 0 Å². The fraction of sp³-hybridized carbons (Fsp3) is 0.125. The van der Waals surface area contributed by atoms with Crippen LogP contribution in [0.4, 0.5) is 0 Å². The molecule has 1 nitrogen and oxygen atoms in total. The monoisotopic (exact) mass is 224 g/mol. The van der Waals surface area contributed by atoms with Crippen LogP contribution in [0.5, 0.6) is 5.75 Å². The molecule has 0 amide bonds. The zero-order chi connectivity index (χ0) is 12.1. The van der Waals surface area contributed by atoms with Crippen LogP contribution in [0.15, 0.2) is 61.7 Å². The minimum Gasteiger partial charge on any atom is -0.489 e. The molecule has 0 fully saturated rings. The van der Waals surface area contributed by atoms with E-state index in [1.165, 1.54) is 16.3 Å². The van der Waals surface area contributed by atoms with Gasteiger partial charge in [-0.3, -0.25) is 0 Å². The van der Waals surface area contributed by atoms with Crippen LogP contribution < -0.4 is 4.74 Å². The van der Waals surface area contributed by atoms with Gasteiger partial charge >= 0.3 is 0 Å². The molecule has 0 aliphatic rings. The van der Waals surface area contributed by atoms with Crippen molar-refractivity contribution >= 4 is 10.8 Å². The van der Waals surface area contributed by atoms with Crippen molar-refractivity contribution in [1.29, 1.82) is 0 Å². The van der Waals surface area contributed by atoms with Crippen LogP contribution in [0.1, 0.15) is 5.56 Å². The lowest BCUT2D eigenvalue weighted by molar-refractivity contribution is 0.360. The lowest BCUT2D eigenvalue weighted by Crippen LogP contribution is -1.97. The summed E-state index contributed by atoms with van der Waals surface area (Å²) in [6.45, 7) is 7.98. The third-order valence-corrected chi connectivity index (χ3v) is 2.65. The molecule has 86 valence electrons. The van der Waals surface area contributed by atoms with Crippen LogP contribution in [0.3, 0.4) is 0 Å². The number of fused-ring (bicyclic) bond motifs is 1. The van der Waals surface area contributed by atoms with Gasteiger partial charge in [-0.2, -0.15) is 0 Å². The number of rotatable bonds is 5. The van der Waals surface area contributed by atoms with Gasteiger partial charge in [0.05, 0.1) is 0 Å². The molecule has 0 saturated heterocycles. The summed E-state index contributed by atoms with van der Waals surface area (Å²) in [6, 6.07) is 12.5. The molecular weight excluding hydrogens is 208 g/mol. The quantitative estimate of drug-likeness (QED) is 0.694. The number of allylic oxidation sites excluding steroid dienone is 1. The Morgan fingerprint density at radius 3 is 2.35 bits per heavy atom. The molecule has 0 saturated carbocycles. The maximum absolute atomic E-state index is 5.68. The lowest BCUT2D eigenvalue weighted by atomic mass is 10.0. The molecular formula is C16H16O. The first-order valence-corrected chi connectivity index (χ1v) is 5.71. The highest BCUT2D eigenvalue weighted by atomic mass is 16.5. The average Bonchev–Trinajstić information content (AvgIpc) is 2.36. The number of hydrogen-bond acceptors (Lipinski definition) is 1. The first-order valence-electron chi connectivity index (χ1n) is 5.71. The summed E-state index contributed by atoms with van der Waals surface area (Å²) >= 11 is 0. The second-order valence-electron chi connectivity index (χ2n) is 3.90. The van der Waals surface area contributed by atoms with E-state index in [9.17, 15) is 0 Å². The number of hydrogen-bond donors (Lipinski definition) is 0. The molecule has 2 aromatic carbocycles. The van der Waals surface area contributed by atoms with Crippen molar-refractivity contribution in [2.24, 2.45) is 0 Å². The maximum Gasteiger partial charge on any atom is 0.123 e. The largest absolute Gasteiger partial charge is 0.489 e. The Morgan fingerprint density at radius 2 is 1.71 bits per heavy atom. The summed E-state index contributed by atoms with van der Waals surface area (Å²) in [6.07, 6.45) is 4.47. The van der Waals surface area contributed by atoms with Crippen molar-refractivity contribution in [3.05, 3.63) is 67.3 Å². The Balaban J connectivity index is 2.49. The van der Waals surface area contributed by atoms with Crippen molar-refractivity contribution < 1.29 is 4.74 Å². The van der Waals surface area contributed by atoms with Crippen molar-refractivity contribution in [3.63, 3.8) is 0 Å².